The predicted octanol–water partition coefficient (Wildman–Crippen LogP) is 5.64. The minimum atomic E-state index is 0.305. The molecule has 0 amide bonds. The molecule has 2 heterocycles. The monoisotopic (exact) mass is 463 g/mol. The Hall–Kier alpha value is -2.96. The van der Waals surface area contributed by atoms with E-state index in [1.54, 1.807) is 6.33 Å². The van der Waals surface area contributed by atoms with Crippen molar-refractivity contribution in [3.63, 3.8) is 0 Å². The van der Waals surface area contributed by atoms with Gasteiger partial charge < -0.3 is 16.0 Å². The van der Waals surface area contributed by atoms with E-state index in [2.05, 4.69) is 39.0 Å². The third kappa shape index (κ3) is 8.12. The van der Waals surface area contributed by atoms with Crippen molar-refractivity contribution in [2.24, 2.45) is 4.99 Å². The van der Waals surface area contributed by atoms with Gasteiger partial charge in [-0.2, -0.15) is 9.97 Å². The van der Waals surface area contributed by atoms with Crippen LogP contribution in [0.5, 0.6) is 0 Å². The highest BCUT2D eigenvalue weighted by molar-refractivity contribution is 5.90. The quantitative estimate of drug-likeness (QED) is 0.284. The second-order valence-corrected chi connectivity index (χ2v) is 9.12. The van der Waals surface area contributed by atoms with Gasteiger partial charge >= 0.3 is 0 Å². The van der Waals surface area contributed by atoms with Crippen LogP contribution in [-0.4, -0.2) is 26.1 Å². The van der Waals surface area contributed by atoms with Crippen LogP contribution < -0.4 is 17.1 Å². The topological polar surface area (TPSA) is 108 Å². The summed E-state index contributed by atoms with van der Waals surface area (Å²) in [7, 11) is 0. The summed E-state index contributed by atoms with van der Waals surface area (Å²) < 4.78 is 1.96. The van der Waals surface area contributed by atoms with E-state index in [0.29, 0.717) is 41.4 Å². The lowest BCUT2D eigenvalue weighted by molar-refractivity contribution is 0.544. The summed E-state index contributed by atoms with van der Waals surface area (Å²) >= 11 is 0. The normalized spacial score (nSPS) is 12.0. The van der Waals surface area contributed by atoms with Crippen LogP contribution in [0.3, 0.4) is 0 Å². The highest BCUT2D eigenvalue weighted by Crippen LogP contribution is 2.20. The lowest BCUT2D eigenvalue weighted by Gasteiger charge is -2.04. The zero-order chi connectivity index (χ0) is 24.0. The molecule has 2 aromatic heterocycles. The van der Waals surface area contributed by atoms with E-state index < -0.39 is 0 Å². The van der Waals surface area contributed by atoms with Crippen molar-refractivity contribution in [1.29, 1.82) is 0 Å². The Kier molecular flexibility index (Phi) is 10.8. The molecule has 0 radical (unpaired) electrons. The van der Waals surface area contributed by atoms with Crippen molar-refractivity contribution in [2.45, 2.75) is 90.5 Å². The van der Waals surface area contributed by atoms with Gasteiger partial charge in [0, 0.05) is 13.1 Å². The van der Waals surface area contributed by atoms with Crippen molar-refractivity contribution < 1.29 is 0 Å². The molecule has 0 atom stereocenters. The second-order valence-electron chi connectivity index (χ2n) is 9.12. The first-order valence-corrected chi connectivity index (χ1v) is 13.0. The molecule has 0 saturated carbocycles. The number of hydrogen-bond donors (Lipinski definition) is 2. The number of nitrogens with zero attached hydrogens (tertiary/aromatic N) is 5. The summed E-state index contributed by atoms with van der Waals surface area (Å²) in [4.78, 5) is 17.8. The molecule has 3 aromatic rings. The minimum absolute atomic E-state index is 0.305. The number of nitrogens with two attached hydrogens (primary N) is 2. The molecule has 3 rings (SSSR count). The molecule has 0 aliphatic heterocycles. The molecule has 7 nitrogen and oxygen atoms in total. The molecule has 4 N–H and O–H groups in total. The Morgan fingerprint density at radius 1 is 0.765 bits per heavy atom. The summed E-state index contributed by atoms with van der Waals surface area (Å²) in [6.07, 6.45) is 17.5. The number of nitrogen functional groups attached to an aromatic ring is 2. The number of anilines is 2. The Morgan fingerprint density at radius 2 is 1.35 bits per heavy atom. The molecule has 184 valence electrons. The summed E-state index contributed by atoms with van der Waals surface area (Å²) in [5.41, 5.74) is 15.3. The summed E-state index contributed by atoms with van der Waals surface area (Å²) in [6, 6.07) is 10.2. The highest BCUT2D eigenvalue weighted by Gasteiger charge is 2.11. The molecule has 0 unspecified atom stereocenters. The highest BCUT2D eigenvalue weighted by atomic mass is 15.1. The second kappa shape index (κ2) is 14.3. The first kappa shape index (κ1) is 25.7. The van der Waals surface area contributed by atoms with E-state index in [9.17, 15) is 0 Å². The van der Waals surface area contributed by atoms with Gasteiger partial charge in [-0.25, -0.2) is 9.98 Å². The van der Waals surface area contributed by atoms with Gasteiger partial charge in [0.15, 0.2) is 11.6 Å². The maximum Gasteiger partial charge on any atom is 0.248 e. The number of hydrogen-bond acceptors (Lipinski definition) is 6. The van der Waals surface area contributed by atoms with Crippen LogP contribution in [-0.2, 0) is 6.54 Å². The van der Waals surface area contributed by atoms with Gasteiger partial charge in [-0.15, -0.1) is 0 Å². The van der Waals surface area contributed by atoms with Gasteiger partial charge in [-0.3, -0.25) is 0 Å². The van der Waals surface area contributed by atoms with Crippen LogP contribution in [0.4, 0.5) is 11.6 Å². The third-order valence-corrected chi connectivity index (χ3v) is 6.22. The smallest absolute Gasteiger partial charge is 0.248 e. The average molecular weight is 464 g/mol. The van der Waals surface area contributed by atoms with Crippen molar-refractivity contribution in [3.05, 3.63) is 47.8 Å². The zero-order valence-electron chi connectivity index (χ0n) is 20.8. The number of rotatable bonds is 15. The van der Waals surface area contributed by atoms with E-state index in [-0.39, 0.29) is 0 Å². The van der Waals surface area contributed by atoms with Crippen LogP contribution in [0, 0.1) is 0 Å². The molecule has 1 aromatic carbocycles. The predicted molar refractivity (Wildman–Crippen MR) is 141 cm³/mol. The lowest BCUT2D eigenvalue weighted by Crippen LogP contribution is -2.13. The van der Waals surface area contributed by atoms with Gasteiger partial charge in [0.25, 0.3) is 0 Å². The third-order valence-electron chi connectivity index (χ3n) is 6.22. The van der Waals surface area contributed by atoms with E-state index in [0.717, 1.165) is 12.0 Å². The molecule has 0 spiro atoms. The molecule has 34 heavy (non-hydrogen) atoms. The van der Waals surface area contributed by atoms with Crippen molar-refractivity contribution in [1.82, 2.24) is 19.5 Å². The van der Waals surface area contributed by atoms with Crippen LogP contribution in [0.15, 0.2) is 41.7 Å². The molecule has 7 heteroatoms. The first-order valence-electron chi connectivity index (χ1n) is 13.0. The Morgan fingerprint density at radius 3 is 2.00 bits per heavy atom. The summed E-state index contributed by atoms with van der Waals surface area (Å²) in [5, 5.41) is 0. The van der Waals surface area contributed by atoms with Crippen LogP contribution in [0.25, 0.3) is 11.0 Å². The minimum Gasteiger partial charge on any atom is -0.382 e. The van der Waals surface area contributed by atoms with Crippen LogP contribution in [0.1, 0.15) is 89.5 Å². The van der Waals surface area contributed by atoms with E-state index in [1.807, 2.05) is 22.8 Å². The largest absolute Gasteiger partial charge is 0.382 e. The maximum absolute atomic E-state index is 6.32. The fraction of sp³-hybridized carbons (Fsp3) is 0.556. The summed E-state index contributed by atoms with van der Waals surface area (Å²) in [6.45, 7) is 3.59. The number of imidazole rings is 1. The van der Waals surface area contributed by atoms with E-state index >= 15 is 0 Å². The number of aromatic nitrogens is 4. The number of unbranched alkanes of at least 4 members (excludes halogenated alkanes) is 11. The number of fused-ring (bicyclic) bond motifs is 1. The molecule has 0 saturated heterocycles. The van der Waals surface area contributed by atoms with Gasteiger partial charge in [0.05, 0.1) is 6.33 Å². The molecular weight excluding hydrogens is 422 g/mol. The lowest BCUT2D eigenvalue weighted by atomic mass is 10.1. The van der Waals surface area contributed by atoms with Crippen molar-refractivity contribution in [3.8, 4) is 0 Å². The maximum atomic E-state index is 6.32. The van der Waals surface area contributed by atoms with Crippen LogP contribution >= 0.6 is 0 Å². The fourth-order valence-electron chi connectivity index (χ4n) is 4.29. The van der Waals surface area contributed by atoms with Gasteiger partial charge in [-0.05, 0) is 12.0 Å². The van der Waals surface area contributed by atoms with E-state index in [1.165, 1.54) is 70.6 Å². The van der Waals surface area contributed by atoms with Gasteiger partial charge in [0.1, 0.15) is 11.0 Å². The van der Waals surface area contributed by atoms with Crippen LogP contribution in [0.2, 0.25) is 0 Å². The molecule has 0 bridgehead atoms. The molecule has 0 aliphatic carbocycles. The number of benzene rings is 1. The SMILES string of the molecule is CCCCCCCCCCCCCCN=c1nc(N)c2ncn(Cc3ccccc3)c2c(N)n1. The van der Waals surface area contributed by atoms with Gasteiger partial charge in [-0.1, -0.05) is 108 Å². The first-order chi connectivity index (χ1) is 16.7. The Labute approximate surface area is 203 Å². The zero-order valence-corrected chi connectivity index (χ0v) is 20.8. The van der Waals surface area contributed by atoms with Crippen molar-refractivity contribution >= 4 is 22.7 Å². The van der Waals surface area contributed by atoms with Gasteiger partial charge in [0.2, 0.25) is 5.62 Å². The molecular formula is C27H41N7. The van der Waals surface area contributed by atoms with E-state index in [4.69, 9.17) is 11.5 Å². The van der Waals surface area contributed by atoms with Crippen molar-refractivity contribution in [2.75, 3.05) is 18.0 Å². The standard InChI is InChI=1S/C27H41N7/c1-2-3-4-5-6-7-8-9-10-11-12-16-19-30-27-32-25(28)23-24(26(29)33-27)34(21-31-23)20-22-17-14-13-15-18-22/h13-15,17-18,21H,2-12,16,19-20H2,1H3,(H4,28,29,30,32,33). The molecule has 0 aliphatic rings. The summed E-state index contributed by atoms with van der Waals surface area (Å²) in [5.74, 6) is 0.653. The Balaban J connectivity index is 1.47. The average Bonchev–Trinajstić information content (AvgIpc) is 3.21. The molecule has 0 fully saturated rings. The fourth-order valence-corrected chi connectivity index (χ4v) is 4.29. The Bertz CT molecular complexity index is 1060.